The molecule has 5 unspecified atom stereocenters. The molecule has 0 heterocycles. The minimum atomic E-state index is -1.07. The molecule has 3 N–H and O–H groups in total. The number of hydrogen-bond acceptors (Lipinski definition) is 5. The van der Waals surface area contributed by atoms with E-state index in [0.29, 0.717) is 5.92 Å². The van der Waals surface area contributed by atoms with Crippen molar-refractivity contribution in [3.05, 3.63) is 71.8 Å². The van der Waals surface area contributed by atoms with Gasteiger partial charge in [0.25, 0.3) is 0 Å². The summed E-state index contributed by atoms with van der Waals surface area (Å²) in [6.45, 7) is 10.5. The first-order valence-corrected chi connectivity index (χ1v) is 12.3. The first-order chi connectivity index (χ1) is 17.3. The van der Waals surface area contributed by atoms with Gasteiger partial charge in [0.1, 0.15) is 6.61 Å². The number of carboxylic acid groups (broad SMARTS) is 3. The average molecular weight is 564 g/mol. The number of esters is 1. The maximum atomic E-state index is 11.6. The number of hydrogen-bond donors (Lipinski definition) is 3. The van der Waals surface area contributed by atoms with Crippen LogP contribution in [0.1, 0.15) is 66.4 Å². The van der Waals surface area contributed by atoms with Crippen LogP contribution in [-0.2, 0) is 30.5 Å². The monoisotopic (exact) mass is 563 g/mol. The Morgan fingerprint density at radius 1 is 0.692 bits per heavy atom. The van der Waals surface area contributed by atoms with E-state index in [1.807, 2.05) is 30.3 Å². The normalized spacial score (nSPS) is 13.4. The predicted molar refractivity (Wildman–Crippen MR) is 148 cm³/mol. The molecule has 0 fully saturated rings. The summed E-state index contributed by atoms with van der Waals surface area (Å²) < 4.78 is 5.06. The van der Waals surface area contributed by atoms with E-state index in [1.54, 1.807) is 6.92 Å². The van der Waals surface area contributed by atoms with Gasteiger partial charge < -0.3 is 21.5 Å². The average Bonchev–Trinajstić information content (AvgIpc) is 2.91. The van der Waals surface area contributed by atoms with Gasteiger partial charge in [-0.25, -0.2) is 0 Å². The minimum absolute atomic E-state index is 0. The summed E-state index contributed by atoms with van der Waals surface area (Å²) in [7, 11) is 0. The Hall–Kier alpha value is -1.68. The van der Waals surface area contributed by atoms with Gasteiger partial charge in [-0.2, -0.15) is 0 Å². The molecule has 0 aliphatic carbocycles. The molecule has 39 heavy (non-hydrogen) atoms. The molecule has 2 rings (SSSR count). The summed E-state index contributed by atoms with van der Waals surface area (Å²) in [4.78, 5) is 42.7. The zero-order valence-electron chi connectivity index (χ0n) is 25.5. The summed E-state index contributed by atoms with van der Waals surface area (Å²) in [5.74, 6) is -5.94. The van der Waals surface area contributed by atoms with Gasteiger partial charge in [-0.15, -0.1) is 0 Å². The standard InChI is InChI=1S/C13H16O4.C10H14.C6H10O4.2Na.H/c1-9(12(14)15)10(2)13(16)17-8-11-6-4-3-5-7-11;1-3-9(2)10-7-5-4-6-8-10;1-3(5(7)8)4(2)6(9)10;;;/h3-7,9-10H,8H2,1-2H3,(H,14,15);4-9H,3H2,1-2H3;3-4H,1-2H3,(H,7,8)(H,9,10);;;/q;;;;+1;-1. The third kappa shape index (κ3) is 17.6. The van der Waals surface area contributed by atoms with Crippen LogP contribution in [-0.4, -0.2) is 68.8 Å². The molecule has 0 saturated heterocycles. The maximum absolute atomic E-state index is 11.6. The Morgan fingerprint density at radius 2 is 1.05 bits per heavy atom. The van der Waals surface area contributed by atoms with Gasteiger partial charge in [0.05, 0.1) is 23.7 Å². The van der Waals surface area contributed by atoms with Gasteiger partial charge in [-0.05, 0) is 23.5 Å². The molecule has 0 aromatic heterocycles. The van der Waals surface area contributed by atoms with Crippen LogP contribution in [0.2, 0.25) is 0 Å². The molecule has 8 nitrogen and oxygen atoms in total. The van der Waals surface area contributed by atoms with Gasteiger partial charge >= 0.3 is 53.4 Å². The zero-order valence-corrected chi connectivity index (χ0v) is 28.5. The predicted octanol–water partition coefficient (Wildman–Crippen LogP) is 2.45. The number of rotatable bonds is 10. The summed E-state index contributed by atoms with van der Waals surface area (Å²) in [5.41, 5.74) is 2.33. The Kier molecular flexibility index (Phi) is 24.7. The molecule has 0 aliphatic heterocycles. The van der Waals surface area contributed by atoms with Crippen LogP contribution in [0.3, 0.4) is 0 Å². The minimum Gasteiger partial charge on any atom is -1.00 e. The van der Waals surface area contributed by atoms with E-state index < -0.39 is 47.5 Å². The number of aliphatic carboxylic acids is 3. The Labute approximate surface area is 277 Å². The second kappa shape index (κ2) is 23.1. The summed E-state index contributed by atoms with van der Waals surface area (Å²) in [6.07, 6.45) is 1.23. The van der Waals surface area contributed by atoms with Crippen molar-refractivity contribution in [1.29, 1.82) is 0 Å². The fourth-order valence-corrected chi connectivity index (χ4v) is 2.72. The third-order valence-electron chi connectivity index (χ3n) is 6.25. The van der Waals surface area contributed by atoms with Crippen molar-refractivity contribution in [2.75, 3.05) is 0 Å². The molecule has 2 aromatic carbocycles. The number of carbonyl (C=O) groups excluding carboxylic acids is 1. The maximum Gasteiger partial charge on any atom is 1.00 e. The summed E-state index contributed by atoms with van der Waals surface area (Å²) in [5, 5.41) is 25.5. The number of carboxylic acids is 3. The van der Waals surface area contributed by atoms with Gasteiger partial charge in [0, 0.05) is 29.6 Å². The van der Waals surface area contributed by atoms with Crippen LogP contribution in [0.15, 0.2) is 60.7 Å². The zero-order chi connectivity index (χ0) is 28.5. The van der Waals surface area contributed by atoms with Crippen molar-refractivity contribution in [3.8, 4) is 0 Å². The molecular formula is C29H41Na2O8. The fraction of sp³-hybridized carbons (Fsp3) is 0.448. The van der Waals surface area contributed by atoms with Crippen molar-refractivity contribution in [2.24, 2.45) is 23.7 Å². The molecule has 5 atom stereocenters. The molecule has 207 valence electrons. The van der Waals surface area contributed by atoms with Crippen LogP contribution in [0.5, 0.6) is 0 Å². The molecule has 2 aromatic rings. The van der Waals surface area contributed by atoms with Crippen molar-refractivity contribution in [1.82, 2.24) is 0 Å². The molecule has 0 spiro atoms. The van der Waals surface area contributed by atoms with Crippen LogP contribution in [0, 0.1) is 23.7 Å². The number of ether oxygens (including phenoxy) is 1. The van der Waals surface area contributed by atoms with Crippen molar-refractivity contribution in [3.63, 3.8) is 0 Å². The number of carbonyl (C=O) groups is 4. The molecule has 0 aliphatic rings. The molecule has 1 radical (unpaired) electrons. The van der Waals surface area contributed by atoms with Crippen molar-refractivity contribution >= 4 is 53.4 Å². The SMILES string of the molecule is CC(C(=O)O)C(C)C(=O)O.CC(C(=O)O)C(C)C(=O)OCc1ccccc1.CCC(C)c1ccccc1.[H-].[Na+].[Na]. The van der Waals surface area contributed by atoms with Gasteiger partial charge in [-0.1, -0.05) is 102 Å². The van der Waals surface area contributed by atoms with E-state index in [0.717, 1.165) is 5.56 Å². The van der Waals surface area contributed by atoms with E-state index >= 15 is 0 Å². The second-order valence-electron chi connectivity index (χ2n) is 8.98. The van der Waals surface area contributed by atoms with E-state index in [2.05, 4.69) is 44.2 Å². The molecule has 10 heteroatoms. The quantitative estimate of drug-likeness (QED) is 0.296. The Morgan fingerprint density at radius 3 is 1.41 bits per heavy atom. The van der Waals surface area contributed by atoms with E-state index in [-0.39, 0.29) is 67.1 Å². The summed E-state index contributed by atoms with van der Waals surface area (Å²) >= 11 is 0. The molecule has 0 saturated carbocycles. The molecule has 0 bridgehead atoms. The topological polar surface area (TPSA) is 138 Å². The van der Waals surface area contributed by atoms with Gasteiger partial charge in [0.2, 0.25) is 0 Å². The van der Waals surface area contributed by atoms with Gasteiger partial charge in [-0.3, -0.25) is 19.2 Å². The Bertz CT molecular complexity index is 959. The van der Waals surface area contributed by atoms with E-state index in [1.165, 1.54) is 32.8 Å². The van der Waals surface area contributed by atoms with E-state index in [4.69, 9.17) is 20.1 Å². The first kappa shape index (κ1) is 41.8. The third-order valence-corrected chi connectivity index (χ3v) is 6.25. The number of benzene rings is 2. The van der Waals surface area contributed by atoms with Crippen LogP contribution in [0.25, 0.3) is 0 Å². The first-order valence-electron chi connectivity index (χ1n) is 12.3. The second-order valence-corrected chi connectivity index (χ2v) is 8.98. The fourth-order valence-electron chi connectivity index (χ4n) is 2.72. The van der Waals surface area contributed by atoms with Crippen LogP contribution < -0.4 is 29.6 Å². The largest absolute Gasteiger partial charge is 1.00 e. The molecular weight excluding hydrogens is 522 g/mol. The Balaban J connectivity index is -0.000000247. The van der Waals surface area contributed by atoms with Crippen molar-refractivity contribution in [2.45, 2.75) is 60.5 Å². The summed E-state index contributed by atoms with van der Waals surface area (Å²) in [6, 6.07) is 19.9. The smallest absolute Gasteiger partial charge is 1.00 e. The van der Waals surface area contributed by atoms with Crippen LogP contribution in [0.4, 0.5) is 0 Å². The van der Waals surface area contributed by atoms with Gasteiger partial charge in [0.15, 0.2) is 0 Å². The van der Waals surface area contributed by atoms with E-state index in [9.17, 15) is 19.2 Å². The molecule has 0 amide bonds. The van der Waals surface area contributed by atoms with Crippen molar-refractivity contribution < 1.29 is 70.2 Å². The van der Waals surface area contributed by atoms with Crippen LogP contribution >= 0.6 is 0 Å².